The molecule has 82 valence electrons. The van der Waals surface area contributed by atoms with Crippen molar-refractivity contribution in [3.63, 3.8) is 0 Å². The lowest BCUT2D eigenvalue weighted by Gasteiger charge is -2.33. The first-order chi connectivity index (χ1) is 6.65. The molecule has 0 radical (unpaired) electrons. The first-order valence-electron chi connectivity index (χ1n) is 5.08. The molecule has 1 rings (SSSR count). The zero-order valence-corrected chi connectivity index (χ0v) is 8.35. The van der Waals surface area contributed by atoms with Crippen LogP contribution in [0, 0.1) is 0 Å². The summed E-state index contributed by atoms with van der Waals surface area (Å²) < 4.78 is 0. The molecular weight excluding hydrogens is 182 g/mol. The molecule has 0 aromatic heterocycles. The van der Waals surface area contributed by atoms with Crippen molar-refractivity contribution in [1.82, 2.24) is 5.01 Å². The van der Waals surface area contributed by atoms with Gasteiger partial charge in [-0.3, -0.25) is 9.80 Å². The number of amides is 1. The van der Waals surface area contributed by atoms with Crippen molar-refractivity contribution < 1.29 is 9.90 Å². The van der Waals surface area contributed by atoms with Crippen LogP contribution in [0.5, 0.6) is 0 Å². The van der Waals surface area contributed by atoms with E-state index in [1.165, 1.54) is 5.01 Å². The summed E-state index contributed by atoms with van der Waals surface area (Å²) in [5, 5.41) is 9.85. The maximum absolute atomic E-state index is 11.3. The molecule has 2 unspecified atom stereocenters. The van der Waals surface area contributed by atoms with Gasteiger partial charge in [-0.15, -0.1) is 0 Å². The van der Waals surface area contributed by atoms with E-state index in [9.17, 15) is 4.79 Å². The quantitative estimate of drug-likeness (QED) is 0.321. The fourth-order valence-electron chi connectivity index (χ4n) is 1.88. The van der Waals surface area contributed by atoms with Crippen LogP contribution in [0.2, 0.25) is 0 Å². The Bertz CT molecular complexity index is 198. The number of hydrogen-bond acceptors (Lipinski definition) is 4. The Morgan fingerprint density at radius 1 is 1.50 bits per heavy atom. The number of nitrogens with two attached hydrogens (primary N) is 2. The zero-order chi connectivity index (χ0) is 10.6. The lowest BCUT2D eigenvalue weighted by Crippen LogP contribution is -2.49. The Kier molecular flexibility index (Phi) is 4.31. The Morgan fingerprint density at radius 3 is 2.79 bits per heavy atom. The molecule has 1 aliphatic rings. The van der Waals surface area contributed by atoms with Crippen LogP contribution in [0.3, 0.4) is 0 Å². The minimum atomic E-state index is -0.202. The number of aliphatic hydroxyl groups excluding tert-OH is 1. The first-order valence-corrected chi connectivity index (χ1v) is 5.08. The highest BCUT2D eigenvalue weighted by molar-refractivity contribution is 5.75. The van der Waals surface area contributed by atoms with Crippen molar-refractivity contribution in [3.8, 4) is 0 Å². The smallest absolute Gasteiger partial charge is 0.239 e. The topological polar surface area (TPSA) is 92.6 Å². The molecule has 1 fully saturated rings. The second-order valence-electron chi connectivity index (χ2n) is 3.86. The Morgan fingerprint density at radius 2 is 2.21 bits per heavy atom. The molecule has 0 spiro atoms. The van der Waals surface area contributed by atoms with Crippen molar-refractivity contribution >= 4 is 5.91 Å². The van der Waals surface area contributed by atoms with E-state index >= 15 is 0 Å². The number of carbonyl (C=O) groups excluding carboxylic acids is 1. The van der Waals surface area contributed by atoms with Gasteiger partial charge < -0.3 is 10.8 Å². The molecule has 5 heteroatoms. The Balaban J connectivity index is 2.42. The molecule has 14 heavy (non-hydrogen) atoms. The van der Waals surface area contributed by atoms with E-state index in [1.807, 2.05) is 0 Å². The summed E-state index contributed by atoms with van der Waals surface area (Å²) >= 11 is 0. The standard InChI is InChI=1S/C9H19N3O2/c10-7-2-1-3-8(6-7)12(11)9(14)4-5-13/h7-8,13H,1-6,10-11H2. The summed E-state index contributed by atoms with van der Waals surface area (Å²) in [4.78, 5) is 11.3. The van der Waals surface area contributed by atoms with Gasteiger partial charge in [0.1, 0.15) is 0 Å². The van der Waals surface area contributed by atoms with Crippen molar-refractivity contribution in [2.45, 2.75) is 44.2 Å². The summed E-state index contributed by atoms with van der Waals surface area (Å²) in [6.45, 7) is -0.148. The first kappa shape index (κ1) is 11.4. The van der Waals surface area contributed by atoms with Gasteiger partial charge >= 0.3 is 0 Å². The zero-order valence-electron chi connectivity index (χ0n) is 8.35. The Labute approximate surface area is 84.0 Å². The number of rotatable bonds is 3. The van der Waals surface area contributed by atoms with Crippen LogP contribution in [-0.4, -0.2) is 34.7 Å². The third kappa shape index (κ3) is 2.94. The third-order valence-electron chi connectivity index (χ3n) is 2.69. The molecule has 0 aromatic rings. The van der Waals surface area contributed by atoms with Crippen molar-refractivity contribution in [3.05, 3.63) is 0 Å². The Hall–Kier alpha value is -0.650. The number of aliphatic hydroxyl groups is 1. The van der Waals surface area contributed by atoms with Gasteiger partial charge in [0.15, 0.2) is 0 Å². The van der Waals surface area contributed by atoms with E-state index < -0.39 is 0 Å². The molecule has 2 atom stereocenters. The summed E-state index contributed by atoms with van der Waals surface area (Å²) in [5.41, 5.74) is 5.79. The second-order valence-corrected chi connectivity index (χ2v) is 3.86. The van der Waals surface area contributed by atoms with Crippen LogP contribution in [0.25, 0.3) is 0 Å². The van der Waals surface area contributed by atoms with Crippen molar-refractivity contribution in [1.29, 1.82) is 0 Å². The highest BCUT2D eigenvalue weighted by atomic mass is 16.3. The van der Waals surface area contributed by atoms with Crippen LogP contribution in [-0.2, 0) is 4.79 Å². The van der Waals surface area contributed by atoms with Gasteiger partial charge in [0.05, 0.1) is 13.0 Å². The molecule has 0 bridgehead atoms. The van der Waals surface area contributed by atoms with Gasteiger partial charge in [-0.05, 0) is 25.7 Å². The third-order valence-corrected chi connectivity index (χ3v) is 2.69. The molecule has 1 saturated carbocycles. The predicted molar refractivity (Wildman–Crippen MR) is 53.0 cm³/mol. The molecule has 5 nitrogen and oxygen atoms in total. The normalized spacial score (nSPS) is 27.4. The van der Waals surface area contributed by atoms with Crippen LogP contribution < -0.4 is 11.6 Å². The highest BCUT2D eigenvalue weighted by Gasteiger charge is 2.25. The van der Waals surface area contributed by atoms with E-state index in [2.05, 4.69) is 0 Å². The molecule has 0 aromatic carbocycles. The summed E-state index contributed by atoms with van der Waals surface area (Å²) in [6, 6.07) is 0.208. The average Bonchev–Trinajstić information content (AvgIpc) is 2.17. The predicted octanol–water partition coefficient (Wildman–Crippen LogP) is -0.659. The molecule has 1 amide bonds. The van der Waals surface area contributed by atoms with E-state index in [4.69, 9.17) is 16.7 Å². The minimum Gasteiger partial charge on any atom is -0.396 e. The summed E-state index contributed by atoms with van der Waals surface area (Å²) in [5.74, 6) is 5.46. The second kappa shape index (κ2) is 5.29. The number of carbonyl (C=O) groups is 1. The summed E-state index contributed by atoms with van der Waals surface area (Å²) in [7, 11) is 0. The maximum atomic E-state index is 11.3. The fraction of sp³-hybridized carbons (Fsp3) is 0.889. The minimum absolute atomic E-state index is 0.0535. The number of nitrogens with zero attached hydrogens (tertiary/aromatic N) is 1. The summed E-state index contributed by atoms with van der Waals surface area (Å²) in [6.07, 6.45) is 3.82. The van der Waals surface area contributed by atoms with E-state index in [-0.39, 0.29) is 31.0 Å². The molecular formula is C9H19N3O2. The molecule has 0 aliphatic heterocycles. The monoisotopic (exact) mass is 201 g/mol. The largest absolute Gasteiger partial charge is 0.396 e. The highest BCUT2D eigenvalue weighted by Crippen LogP contribution is 2.20. The van der Waals surface area contributed by atoms with Gasteiger partial charge in [0.25, 0.3) is 0 Å². The molecule has 5 N–H and O–H groups in total. The molecule has 0 saturated heterocycles. The SMILES string of the molecule is NC1CCCC(N(N)C(=O)CCO)C1. The van der Waals surface area contributed by atoms with Crippen LogP contribution in [0.1, 0.15) is 32.1 Å². The lowest BCUT2D eigenvalue weighted by atomic mass is 9.91. The number of hydrazine groups is 1. The van der Waals surface area contributed by atoms with Crippen LogP contribution in [0.4, 0.5) is 0 Å². The fourth-order valence-corrected chi connectivity index (χ4v) is 1.88. The average molecular weight is 201 g/mol. The van der Waals surface area contributed by atoms with Crippen molar-refractivity contribution in [2.24, 2.45) is 11.6 Å². The molecule has 0 heterocycles. The van der Waals surface area contributed by atoms with Crippen LogP contribution >= 0.6 is 0 Å². The van der Waals surface area contributed by atoms with Crippen LogP contribution in [0.15, 0.2) is 0 Å². The van der Waals surface area contributed by atoms with Gasteiger partial charge in [-0.2, -0.15) is 0 Å². The lowest BCUT2D eigenvalue weighted by molar-refractivity contribution is -0.135. The van der Waals surface area contributed by atoms with Crippen molar-refractivity contribution in [2.75, 3.05) is 6.61 Å². The van der Waals surface area contributed by atoms with Gasteiger partial charge in [0.2, 0.25) is 5.91 Å². The van der Waals surface area contributed by atoms with E-state index in [0.29, 0.717) is 0 Å². The van der Waals surface area contributed by atoms with Gasteiger partial charge in [-0.25, -0.2) is 5.84 Å². The number of hydrogen-bond donors (Lipinski definition) is 3. The van der Waals surface area contributed by atoms with Gasteiger partial charge in [0, 0.05) is 12.1 Å². The molecule has 1 aliphatic carbocycles. The van der Waals surface area contributed by atoms with Gasteiger partial charge in [-0.1, -0.05) is 0 Å². The maximum Gasteiger partial charge on any atom is 0.239 e. The van der Waals surface area contributed by atoms with E-state index in [1.54, 1.807) is 0 Å². The van der Waals surface area contributed by atoms with E-state index in [0.717, 1.165) is 25.7 Å².